The lowest BCUT2D eigenvalue weighted by Crippen LogP contribution is -2.14. The summed E-state index contributed by atoms with van der Waals surface area (Å²) in [7, 11) is 3.01. The van der Waals surface area contributed by atoms with E-state index in [9.17, 15) is 4.79 Å². The highest BCUT2D eigenvalue weighted by atomic mass is 32.2. The number of thioether (sulfide) groups is 1. The summed E-state index contributed by atoms with van der Waals surface area (Å²) >= 11 is 1.48. The molecule has 1 amide bonds. The van der Waals surface area contributed by atoms with Crippen molar-refractivity contribution in [1.29, 1.82) is 0 Å². The lowest BCUT2D eigenvalue weighted by molar-refractivity contribution is 0.102. The Hall–Kier alpha value is -2.28. The van der Waals surface area contributed by atoms with Gasteiger partial charge in [0.2, 0.25) is 0 Å². The molecule has 1 aromatic heterocycles. The molecule has 0 aliphatic rings. The van der Waals surface area contributed by atoms with Gasteiger partial charge in [-0.2, -0.15) is 0 Å². The Bertz CT molecular complexity index is 632. The van der Waals surface area contributed by atoms with Crippen molar-refractivity contribution in [2.45, 2.75) is 5.03 Å². The summed E-state index contributed by atoms with van der Waals surface area (Å²) in [5.41, 5.74) is 0.368. The predicted molar refractivity (Wildman–Crippen MR) is 81.3 cm³/mol. The van der Waals surface area contributed by atoms with Crippen molar-refractivity contribution in [2.24, 2.45) is 0 Å². The van der Waals surface area contributed by atoms with Gasteiger partial charge < -0.3 is 14.8 Å². The smallest absolute Gasteiger partial charge is 0.260 e. The molecule has 1 N–H and O–H groups in total. The van der Waals surface area contributed by atoms with E-state index in [0.29, 0.717) is 22.9 Å². The number of nitrogens with one attached hydrogen (secondary N) is 1. The zero-order valence-corrected chi connectivity index (χ0v) is 12.7. The van der Waals surface area contributed by atoms with Crippen LogP contribution in [-0.2, 0) is 0 Å². The number of benzene rings is 1. The zero-order valence-electron chi connectivity index (χ0n) is 11.9. The number of methoxy groups -OCH3 is 2. The number of anilines is 1. The number of amides is 1. The number of carbonyl (C=O) groups is 1. The van der Waals surface area contributed by atoms with Gasteiger partial charge in [0, 0.05) is 0 Å². The molecule has 1 aromatic carbocycles. The molecule has 0 fully saturated rings. The SMILES string of the molecule is COc1cccc(C(=O)Nc2ccc(SC)nn2)c1OC. The molecule has 0 saturated heterocycles. The van der Waals surface area contributed by atoms with Crippen LogP contribution in [0.2, 0.25) is 0 Å². The van der Waals surface area contributed by atoms with Crippen LogP contribution in [-0.4, -0.2) is 36.6 Å². The lowest BCUT2D eigenvalue weighted by Gasteiger charge is -2.12. The largest absolute Gasteiger partial charge is 0.493 e. The molecule has 0 atom stereocenters. The van der Waals surface area contributed by atoms with E-state index in [-0.39, 0.29) is 5.91 Å². The van der Waals surface area contributed by atoms with E-state index >= 15 is 0 Å². The van der Waals surface area contributed by atoms with Crippen LogP contribution in [0.4, 0.5) is 5.82 Å². The third-order valence-electron chi connectivity index (χ3n) is 2.74. The summed E-state index contributed by atoms with van der Waals surface area (Å²) in [5, 5.41) is 11.4. The summed E-state index contributed by atoms with van der Waals surface area (Å²) in [6, 6.07) is 8.58. The second-order valence-electron chi connectivity index (χ2n) is 3.96. The molecule has 1 heterocycles. The number of carbonyl (C=O) groups excluding carboxylic acids is 1. The summed E-state index contributed by atoms with van der Waals surface area (Å²) in [6.45, 7) is 0. The molecule has 0 bridgehead atoms. The fourth-order valence-electron chi connectivity index (χ4n) is 1.75. The van der Waals surface area contributed by atoms with Gasteiger partial charge in [-0.25, -0.2) is 0 Å². The van der Waals surface area contributed by atoms with E-state index < -0.39 is 0 Å². The molecular formula is C14H15N3O3S. The van der Waals surface area contributed by atoms with Gasteiger partial charge in [-0.3, -0.25) is 4.79 Å². The van der Waals surface area contributed by atoms with Crippen LogP contribution < -0.4 is 14.8 Å². The summed E-state index contributed by atoms with van der Waals surface area (Å²) in [4.78, 5) is 12.3. The van der Waals surface area contributed by atoms with Crippen molar-refractivity contribution in [3.8, 4) is 11.5 Å². The maximum atomic E-state index is 12.3. The molecular weight excluding hydrogens is 290 g/mol. The number of rotatable bonds is 5. The van der Waals surface area contributed by atoms with Crippen LogP contribution in [0.1, 0.15) is 10.4 Å². The number of aromatic nitrogens is 2. The highest BCUT2D eigenvalue weighted by Gasteiger charge is 2.16. The van der Waals surface area contributed by atoms with Gasteiger partial charge in [-0.15, -0.1) is 22.0 Å². The van der Waals surface area contributed by atoms with Crippen LogP contribution >= 0.6 is 11.8 Å². The van der Waals surface area contributed by atoms with Crippen LogP contribution in [0.15, 0.2) is 35.4 Å². The minimum atomic E-state index is -0.336. The van der Waals surface area contributed by atoms with Crippen molar-refractivity contribution in [2.75, 3.05) is 25.8 Å². The molecule has 0 unspecified atom stereocenters. The average molecular weight is 305 g/mol. The van der Waals surface area contributed by atoms with Crippen LogP contribution in [0, 0.1) is 0 Å². The Morgan fingerprint density at radius 2 is 1.95 bits per heavy atom. The minimum absolute atomic E-state index is 0.336. The van der Waals surface area contributed by atoms with Gasteiger partial charge in [0.05, 0.1) is 19.8 Å². The highest BCUT2D eigenvalue weighted by molar-refractivity contribution is 7.98. The molecule has 0 saturated carbocycles. The molecule has 0 aliphatic heterocycles. The van der Waals surface area contributed by atoms with E-state index in [0.717, 1.165) is 5.03 Å². The standard InChI is InChI=1S/C14H15N3O3S/c1-19-10-6-4-5-9(13(10)20-2)14(18)15-11-7-8-12(21-3)17-16-11/h4-8H,1-3H3,(H,15,16,18). The Balaban J connectivity index is 2.23. The lowest BCUT2D eigenvalue weighted by atomic mass is 10.1. The molecule has 21 heavy (non-hydrogen) atoms. The second kappa shape index (κ2) is 6.94. The van der Waals surface area contributed by atoms with Gasteiger partial charge in [-0.1, -0.05) is 6.07 Å². The maximum Gasteiger partial charge on any atom is 0.260 e. The van der Waals surface area contributed by atoms with E-state index in [1.807, 2.05) is 6.26 Å². The molecule has 110 valence electrons. The monoisotopic (exact) mass is 305 g/mol. The number of nitrogens with zero attached hydrogens (tertiary/aromatic N) is 2. The van der Waals surface area contributed by atoms with Crippen molar-refractivity contribution in [1.82, 2.24) is 10.2 Å². The Labute approximate surface area is 126 Å². The van der Waals surface area contributed by atoms with Gasteiger partial charge in [0.1, 0.15) is 5.03 Å². The Morgan fingerprint density at radius 1 is 1.14 bits per heavy atom. The molecule has 0 spiro atoms. The molecule has 0 radical (unpaired) electrons. The van der Waals surface area contributed by atoms with E-state index in [4.69, 9.17) is 9.47 Å². The minimum Gasteiger partial charge on any atom is -0.493 e. The Morgan fingerprint density at radius 3 is 2.52 bits per heavy atom. The maximum absolute atomic E-state index is 12.3. The number of ether oxygens (including phenoxy) is 2. The molecule has 6 nitrogen and oxygen atoms in total. The normalized spacial score (nSPS) is 10.0. The van der Waals surface area contributed by atoms with Gasteiger partial charge in [0.15, 0.2) is 17.3 Å². The predicted octanol–water partition coefficient (Wildman–Crippen LogP) is 2.47. The van der Waals surface area contributed by atoms with E-state index in [2.05, 4.69) is 15.5 Å². The topological polar surface area (TPSA) is 73.3 Å². The summed E-state index contributed by atoms with van der Waals surface area (Å²) in [6.07, 6.45) is 1.91. The van der Waals surface area contributed by atoms with Gasteiger partial charge >= 0.3 is 0 Å². The molecule has 0 aliphatic carbocycles. The number of hydrogen-bond acceptors (Lipinski definition) is 6. The van der Waals surface area contributed by atoms with E-state index in [1.54, 1.807) is 30.3 Å². The quantitative estimate of drug-likeness (QED) is 0.855. The van der Waals surface area contributed by atoms with Crippen molar-refractivity contribution in [3.05, 3.63) is 35.9 Å². The number of para-hydroxylation sites is 1. The Kier molecular flexibility index (Phi) is 4.99. The fourth-order valence-corrected chi connectivity index (χ4v) is 2.07. The number of hydrogen-bond donors (Lipinski definition) is 1. The highest BCUT2D eigenvalue weighted by Crippen LogP contribution is 2.31. The first-order valence-corrected chi connectivity index (χ1v) is 7.32. The second-order valence-corrected chi connectivity index (χ2v) is 4.78. The van der Waals surface area contributed by atoms with E-state index in [1.165, 1.54) is 26.0 Å². The van der Waals surface area contributed by atoms with Crippen LogP contribution in [0.5, 0.6) is 11.5 Å². The first-order valence-electron chi connectivity index (χ1n) is 6.09. The third kappa shape index (κ3) is 3.43. The molecule has 2 aromatic rings. The summed E-state index contributed by atoms with van der Waals surface area (Å²) in [5.74, 6) is 0.916. The zero-order chi connectivity index (χ0) is 15.2. The van der Waals surface area contributed by atoms with Crippen molar-refractivity contribution >= 4 is 23.5 Å². The first-order chi connectivity index (χ1) is 10.2. The first kappa shape index (κ1) is 15.1. The van der Waals surface area contributed by atoms with Crippen LogP contribution in [0.3, 0.4) is 0 Å². The fraction of sp³-hybridized carbons (Fsp3) is 0.214. The molecule has 2 rings (SSSR count). The molecule has 7 heteroatoms. The van der Waals surface area contributed by atoms with Gasteiger partial charge in [0.25, 0.3) is 5.91 Å². The average Bonchev–Trinajstić information content (AvgIpc) is 2.54. The van der Waals surface area contributed by atoms with Crippen molar-refractivity contribution in [3.63, 3.8) is 0 Å². The van der Waals surface area contributed by atoms with Gasteiger partial charge in [-0.05, 0) is 30.5 Å². The van der Waals surface area contributed by atoms with Crippen molar-refractivity contribution < 1.29 is 14.3 Å². The van der Waals surface area contributed by atoms with Crippen LogP contribution in [0.25, 0.3) is 0 Å². The summed E-state index contributed by atoms with van der Waals surface area (Å²) < 4.78 is 10.4. The third-order valence-corrected chi connectivity index (χ3v) is 3.37.